The van der Waals surface area contributed by atoms with Crippen molar-refractivity contribution in [3.05, 3.63) is 58.7 Å². The number of anilines is 2. The van der Waals surface area contributed by atoms with E-state index in [0.717, 1.165) is 6.42 Å². The van der Waals surface area contributed by atoms with E-state index in [9.17, 15) is 0 Å². The summed E-state index contributed by atoms with van der Waals surface area (Å²) in [5, 5.41) is 3.69. The molecule has 0 atom stereocenters. The quantitative estimate of drug-likeness (QED) is 0.541. The summed E-state index contributed by atoms with van der Waals surface area (Å²) in [7, 11) is 0. The zero-order chi connectivity index (χ0) is 16.1. The van der Waals surface area contributed by atoms with Gasteiger partial charge in [-0.1, -0.05) is 71.9 Å². The molecule has 116 valence electrons. The average Bonchev–Trinajstić information content (AvgIpc) is 2.41. The number of para-hydroxylation sites is 1. The molecule has 1 aliphatic rings. The number of nitrogens with one attached hydrogen (secondary N) is 1. The van der Waals surface area contributed by atoms with Crippen LogP contribution in [0.25, 0.3) is 0 Å². The lowest BCUT2D eigenvalue weighted by molar-refractivity contribution is 0.568. The maximum atomic E-state index is 3.69. The molecule has 0 fully saturated rings. The Bertz CT molecular complexity index is 712. The Kier molecular flexibility index (Phi) is 3.36. The summed E-state index contributed by atoms with van der Waals surface area (Å²) in [4.78, 5) is 0. The summed E-state index contributed by atoms with van der Waals surface area (Å²) < 4.78 is 0. The van der Waals surface area contributed by atoms with Crippen LogP contribution in [0.15, 0.2) is 36.4 Å². The van der Waals surface area contributed by atoms with Crippen molar-refractivity contribution in [2.24, 2.45) is 0 Å². The predicted molar refractivity (Wildman–Crippen MR) is 96.4 cm³/mol. The van der Waals surface area contributed by atoms with Crippen molar-refractivity contribution in [2.45, 2.75) is 58.8 Å². The molecule has 0 saturated carbocycles. The summed E-state index contributed by atoms with van der Waals surface area (Å²) in [5.74, 6) is 0. The average molecular weight is 293 g/mol. The van der Waals surface area contributed by atoms with Crippen LogP contribution in [0.2, 0.25) is 0 Å². The molecule has 0 unspecified atom stereocenters. The minimum Gasteiger partial charge on any atom is -0.355 e. The predicted octanol–water partition coefficient (Wildman–Crippen LogP) is 5.93. The fraction of sp³-hybridized carbons (Fsp3) is 0.429. The SMILES string of the molecule is CC(C)(C)c1cc2c(c(C(C)(C)C)c1)Nc1ccccc1C2. The van der Waals surface area contributed by atoms with Crippen LogP contribution >= 0.6 is 0 Å². The van der Waals surface area contributed by atoms with E-state index in [2.05, 4.69) is 83.3 Å². The van der Waals surface area contributed by atoms with Crippen molar-refractivity contribution in [3.8, 4) is 0 Å². The van der Waals surface area contributed by atoms with Crippen molar-refractivity contribution >= 4 is 11.4 Å². The van der Waals surface area contributed by atoms with Gasteiger partial charge in [-0.3, -0.25) is 0 Å². The Balaban J connectivity index is 2.21. The highest BCUT2D eigenvalue weighted by molar-refractivity contribution is 5.75. The lowest BCUT2D eigenvalue weighted by atomic mass is 9.77. The van der Waals surface area contributed by atoms with E-state index < -0.39 is 0 Å². The van der Waals surface area contributed by atoms with Crippen molar-refractivity contribution in [2.75, 3.05) is 5.32 Å². The highest BCUT2D eigenvalue weighted by Crippen LogP contribution is 2.42. The lowest BCUT2D eigenvalue weighted by Crippen LogP contribution is -2.21. The molecule has 0 spiro atoms. The van der Waals surface area contributed by atoms with Gasteiger partial charge in [-0.05, 0) is 39.2 Å². The summed E-state index contributed by atoms with van der Waals surface area (Å²) >= 11 is 0. The Hall–Kier alpha value is -1.76. The fourth-order valence-electron chi connectivity index (χ4n) is 3.15. The molecular formula is C21H27N. The first-order chi connectivity index (χ1) is 10.2. The van der Waals surface area contributed by atoms with Gasteiger partial charge in [0.1, 0.15) is 0 Å². The van der Waals surface area contributed by atoms with E-state index in [1.54, 1.807) is 0 Å². The summed E-state index contributed by atoms with van der Waals surface area (Å²) in [6.07, 6.45) is 1.02. The van der Waals surface area contributed by atoms with Crippen LogP contribution in [0.4, 0.5) is 11.4 Å². The fourth-order valence-corrected chi connectivity index (χ4v) is 3.15. The van der Waals surface area contributed by atoms with Gasteiger partial charge in [-0.15, -0.1) is 0 Å². The van der Waals surface area contributed by atoms with Crippen molar-refractivity contribution in [3.63, 3.8) is 0 Å². The number of rotatable bonds is 0. The Labute approximate surface area is 134 Å². The largest absolute Gasteiger partial charge is 0.355 e. The van der Waals surface area contributed by atoms with Gasteiger partial charge in [0.05, 0.1) is 0 Å². The van der Waals surface area contributed by atoms with E-state index in [4.69, 9.17) is 0 Å². The Morgan fingerprint density at radius 3 is 2.14 bits per heavy atom. The van der Waals surface area contributed by atoms with Gasteiger partial charge >= 0.3 is 0 Å². The maximum Gasteiger partial charge on any atom is 0.0458 e. The topological polar surface area (TPSA) is 12.0 Å². The van der Waals surface area contributed by atoms with Gasteiger partial charge in [0.15, 0.2) is 0 Å². The molecule has 2 aromatic rings. The molecule has 0 aromatic heterocycles. The van der Waals surface area contributed by atoms with Crippen LogP contribution in [-0.4, -0.2) is 0 Å². The zero-order valence-electron chi connectivity index (χ0n) is 14.7. The van der Waals surface area contributed by atoms with Crippen LogP contribution < -0.4 is 5.32 Å². The molecule has 0 aliphatic carbocycles. The smallest absolute Gasteiger partial charge is 0.0458 e. The number of hydrogen-bond acceptors (Lipinski definition) is 1. The highest BCUT2D eigenvalue weighted by atomic mass is 14.9. The molecule has 1 heterocycles. The van der Waals surface area contributed by atoms with Crippen LogP contribution in [-0.2, 0) is 17.3 Å². The van der Waals surface area contributed by atoms with E-state index in [0.29, 0.717) is 0 Å². The van der Waals surface area contributed by atoms with Gasteiger partial charge < -0.3 is 5.32 Å². The molecule has 3 rings (SSSR count). The molecule has 0 bridgehead atoms. The van der Waals surface area contributed by atoms with Gasteiger partial charge in [0.25, 0.3) is 0 Å². The molecule has 0 saturated heterocycles. The zero-order valence-corrected chi connectivity index (χ0v) is 14.7. The lowest BCUT2D eigenvalue weighted by Gasteiger charge is -2.32. The second kappa shape index (κ2) is 4.87. The van der Waals surface area contributed by atoms with Gasteiger partial charge in [0.2, 0.25) is 0 Å². The molecule has 1 N–H and O–H groups in total. The monoisotopic (exact) mass is 293 g/mol. The van der Waals surface area contributed by atoms with E-state index in [1.165, 1.54) is 33.6 Å². The van der Waals surface area contributed by atoms with Crippen LogP contribution in [0.1, 0.15) is 63.8 Å². The van der Waals surface area contributed by atoms with Crippen molar-refractivity contribution in [1.29, 1.82) is 0 Å². The van der Waals surface area contributed by atoms with Crippen molar-refractivity contribution in [1.82, 2.24) is 0 Å². The van der Waals surface area contributed by atoms with Crippen LogP contribution in [0.3, 0.4) is 0 Å². The molecule has 2 aromatic carbocycles. The van der Waals surface area contributed by atoms with Gasteiger partial charge in [-0.25, -0.2) is 0 Å². The summed E-state index contributed by atoms with van der Waals surface area (Å²) in [6, 6.07) is 13.4. The molecular weight excluding hydrogens is 266 g/mol. The molecule has 1 aliphatic heterocycles. The minimum atomic E-state index is 0.130. The number of benzene rings is 2. The Morgan fingerprint density at radius 1 is 0.818 bits per heavy atom. The summed E-state index contributed by atoms with van der Waals surface area (Å²) in [6.45, 7) is 13.8. The first kappa shape index (κ1) is 15.1. The third-order valence-electron chi connectivity index (χ3n) is 4.55. The van der Waals surface area contributed by atoms with Gasteiger partial charge in [0, 0.05) is 17.8 Å². The second-order valence-corrected chi connectivity index (χ2v) is 8.52. The van der Waals surface area contributed by atoms with Gasteiger partial charge in [-0.2, -0.15) is 0 Å². The van der Waals surface area contributed by atoms with Crippen LogP contribution in [0, 0.1) is 0 Å². The molecule has 1 nitrogen and oxygen atoms in total. The third kappa shape index (κ3) is 2.65. The second-order valence-electron chi connectivity index (χ2n) is 8.52. The number of hydrogen-bond donors (Lipinski definition) is 1. The third-order valence-corrected chi connectivity index (χ3v) is 4.55. The maximum absolute atomic E-state index is 3.69. The first-order valence-corrected chi connectivity index (χ1v) is 8.19. The first-order valence-electron chi connectivity index (χ1n) is 8.19. The minimum absolute atomic E-state index is 0.130. The summed E-state index contributed by atoms with van der Waals surface area (Å²) in [5.41, 5.74) is 8.54. The van der Waals surface area contributed by atoms with Crippen molar-refractivity contribution < 1.29 is 0 Å². The number of fused-ring (bicyclic) bond motifs is 2. The molecule has 1 heteroatoms. The molecule has 0 radical (unpaired) electrons. The molecule has 0 amide bonds. The van der Waals surface area contributed by atoms with E-state index in [1.807, 2.05) is 0 Å². The molecule has 22 heavy (non-hydrogen) atoms. The van der Waals surface area contributed by atoms with E-state index >= 15 is 0 Å². The van der Waals surface area contributed by atoms with Crippen LogP contribution in [0.5, 0.6) is 0 Å². The standard InChI is InChI=1S/C21H27N/c1-20(2,3)16-12-15-11-14-9-7-8-10-18(14)22-19(15)17(13-16)21(4,5)6/h7-10,12-13,22H,11H2,1-6H3. The van der Waals surface area contributed by atoms with E-state index in [-0.39, 0.29) is 10.8 Å². The Morgan fingerprint density at radius 2 is 1.50 bits per heavy atom. The normalized spacial score (nSPS) is 14.1. The highest BCUT2D eigenvalue weighted by Gasteiger charge is 2.27.